The first-order valence-corrected chi connectivity index (χ1v) is 9.62. The fourth-order valence-electron chi connectivity index (χ4n) is 3.58. The van der Waals surface area contributed by atoms with Crippen molar-refractivity contribution in [1.82, 2.24) is 15.2 Å². The van der Waals surface area contributed by atoms with E-state index in [0.29, 0.717) is 35.9 Å². The zero-order valence-electron chi connectivity index (χ0n) is 15.3. The number of benzene rings is 2. The smallest absolute Gasteiger partial charge is 0.267 e. The van der Waals surface area contributed by atoms with Crippen molar-refractivity contribution in [3.8, 4) is 0 Å². The molecule has 1 unspecified atom stereocenters. The van der Waals surface area contributed by atoms with Gasteiger partial charge in [0.15, 0.2) is 0 Å². The Morgan fingerprint density at radius 3 is 2.79 bits per heavy atom. The van der Waals surface area contributed by atoms with E-state index in [1.54, 1.807) is 12.1 Å². The van der Waals surface area contributed by atoms with E-state index in [2.05, 4.69) is 15.2 Å². The lowest BCUT2D eigenvalue weighted by Crippen LogP contribution is -2.44. The second-order valence-corrected chi connectivity index (χ2v) is 7.22. The summed E-state index contributed by atoms with van der Waals surface area (Å²) in [5.41, 5.74) is 2.10. The fourth-order valence-corrected chi connectivity index (χ4v) is 3.84. The quantitative estimate of drug-likeness (QED) is 0.684. The average Bonchev–Trinajstić information content (AvgIpc) is 3.13. The number of hydrogen-bond donors (Lipinski definition) is 2. The zero-order valence-corrected chi connectivity index (χ0v) is 16.0. The summed E-state index contributed by atoms with van der Waals surface area (Å²) in [4.78, 5) is 18.0. The molecular weight excluding hydrogens is 381 g/mol. The predicted molar refractivity (Wildman–Crippen MR) is 107 cm³/mol. The monoisotopic (exact) mass is 401 g/mol. The zero-order chi connectivity index (χ0) is 19.5. The molecule has 1 fully saturated rings. The summed E-state index contributed by atoms with van der Waals surface area (Å²) in [6.45, 7) is 3.27. The Bertz CT molecular complexity index is 985. The van der Waals surface area contributed by atoms with Crippen LogP contribution in [0.4, 0.5) is 4.39 Å². The first-order valence-electron chi connectivity index (χ1n) is 9.24. The van der Waals surface area contributed by atoms with Gasteiger partial charge in [0.2, 0.25) is 0 Å². The molecule has 0 spiro atoms. The molecule has 1 amide bonds. The van der Waals surface area contributed by atoms with Crippen LogP contribution >= 0.6 is 11.6 Å². The number of aromatic nitrogens is 1. The highest BCUT2D eigenvalue weighted by atomic mass is 35.5. The summed E-state index contributed by atoms with van der Waals surface area (Å²) in [5.74, 6) is -0.563. The van der Waals surface area contributed by atoms with Gasteiger partial charge in [0, 0.05) is 35.6 Å². The van der Waals surface area contributed by atoms with Crippen molar-refractivity contribution in [2.75, 3.05) is 32.8 Å². The molecule has 0 radical (unpaired) electrons. The number of fused-ring (bicyclic) bond motifs is 1. The summed E-state index contributed by atoms with van der Waals surface area (Å²) in [6, 6.07) is 13.7. The van der Waals surface area contributed by atoms with Crippen molar-refractivity contribution in [1.29, 1.82) is 0 Å². The first-order chi connectivity index (χ1) is 13.6. The van der Waals surface area contributed by atoms with Crippen molar-refractivity contribution in [3.05, 3.63) is 70.6 Å². The molecular formula is C21H21ClFN3O2. The van der Waals surface area contributed by atoms with Gasteiger partial charge in [-0.3, -0.25) is 9.69 Å². The van der Waals surface area contributed by atoms with Crippen LogP contribution in [0.2, 0.25) is 5.02 Å². The van der Waals surface area contributed by atoms with Crippen molar-refractivity contribution >= 4 is 28.4 Å². The Morgan fingerprint density at radius 1 is 1.21 bits per heavy atom. The lowest BCUT2D eigenvalue weighted by Gasteiger charge is -2.35. The third kappa shape index (κ3) is 4.04. The summed E-state index contributed by atoms with van der Waals surface area (Å²) in [6.07, 6.45) is 0. The van der Waals surface area contributed by atoms with Crippen LogP contribution in [0, 0.1) is 5.82 Å². The normalized spacial score (nSPS) is 16.2. The number of aromatic amines is 1. The van der Waals surface area contributed by atoms with E-state index >= 15 is 0 Å². The van der Waals surface area contributed by atoms with Crippen LogP contribution in [-0.4, -0.2) is 48.6 Å². The highest BCUT2D eigenvalue weighted by molar-refractivity contribution is 6.31. The third-order valence-corrected chi connectivity index (χ3v) is 5.38. The number of H-pyrrole nitrogens is 1. The average molecular weight is 402 g/mol. The Labute approximate surface area is 167 Å². The van der Waals surface area contributed by atoms with Gasteiger partial charge in [-0.25, -0.2) is 4.39 Å². The molecule has 5 nitrogen and oxygen atoms in total. The number of nitrogens with zero attached hydrogens (tertiary/aromatic N) is 1. The number of hydrogen-bond acceptors (Lipinski definition) is 3. The minimum absolute atomic E-state index is 0.0524. The standard InChI is InChI=1S/C21H21ClFN3O2/c22-17-4-2-1-3-16(17)20(26-7-9-28-10-8-26)13-24-21(27)19-12-14-11-15(23)5-6-18(14)25-19/h1-6,11-12,20,25H,7-10,13H2,(H,24,27). The van der Waals surface area contributed by atoms with Gasteiger partial charge in [0.25, 0.3) is 5.91 Å². The molecule has 2 heterocycles. The maximum Gasteiger partial charge on any atom is 0.267 e. The van der Waals surface area contributed by atoms with Gasteiger partial charge in [-0.15, -0.1) is 0 Å². The van der Waals surface area contributed by atoms with Gasteiger partial charge >= 0.3 is 0 Å². The maximum absolute atomic E-state index is 13.4. The Morgan fingerprint density at radius 2 is 2.00 bits per heavy atom. The van der Waals surface area contributed by atoms with Gasteiger partial charge in [0.05, 0.1) is 19.3 Å². The molecule has 0 bridgehead atoms. The van der Waals surface area contributed by atoms with Crippen LogP contribution in [0.1, 0.15) is 22.1 Å². The Balaban J connectivity index is 1.52. The topological polar surface area (TPSA) is 57.4 Å². The molecule has 1 aromatic heterocycles. The number of morpholine rings is 1. The number of carbonyl (C=O) groups excluding carboxylic acids is 1. The van der Waals surface area contributed by atoms with Gasteiger partial charge in [0.1, 0.15) is 11.5 Å². The molecule has 0 saturated carbocycles. The van der Waals surface area contributed by atoms with Gasteiger partial charge in [-0.05, 0) is 35.9 Å². The highest BCUT2D eigenvalue weighted by Crippen LogP contribution is 2.28. The van der Waals surface area contributed by atoms with Crippen molar-refractivity contribution in [2.24, 2.45) is 0 Å². The highest BCUT2D eigenvalue weighted by Gasteiger charge is 2.25. The Kier molecular flexibility index (Phi) is 5.62. The van der Waals surface area contributed by atoms with Crippen LogP contribution in [0.5, 0.6) is 0 Å². The molecule has 4 rings (SSSR count). The molecule has 3 aromatic rings. The lowest BCUT2D eigenvalue weighted by molar-refractivity contribution is 0.0162. The van der Waals surface area contributed by atoms with E-state index in [4.69, 9.17) is 16.3 Å². The molecule has 28 heavy (non-hydrogen) atoms. The van der Waals surface area contributed by atoms with Gasteiger partial charge in [-0.1, -0.05) is 29.8 Å². The molecule has 0 aliphatic carbocycles. The van der Waals surface area contributed by atoms with E-state index in [1.165, 1.54) is 12.1 Å². The molecule has 1 saturated heterocycles. The van der Waals surface area contributed by atoms with Crippen LogP contribution in [-0.2, 0) is 4.74 Å². The summed E-state index contributed by atoms with van der Waals surface area (Å²) in [5, 5.41) is 4.34. The third-order valence-electron chi connectivity index (χ3n) is 5.03. The van der Waals surface area contributed by atoms with E-state index in [9.17, 15) is 9.18 Å². The molecule has 1 aliphatic rings. The van der Waals surface area contributed by atoms with E-state index in [-0.39, 0.29) is 17.8 Å². The van der Waals surface area contributed by atoms with Crippen LogP contribution in [0.3, 0.4) is 0 Å². The largest absolute Gasteiger partial charge is 0.379 e. The predicted octanol–water partition coefficient (Wildman–Crippen LogP) is 3.76. The lowest BCUT2D eigenvalue weighted by atomic mass is 10.0. The number of nitrogens with one attached hydrogen (secondary N) is 2. The van der Waals surface area contributed by atoms with E-state index in [1.807, 2.05) is 24.3 Å². The molecule has 1 aliphatic heterocycles. The molecule has 1 atom stereocenters. The van der Waals surface area contributed by atoms with Crippen LogP contribution < -0.4 is 5.32 Å². The Hall–Kier alpha value is -2.41. The van der Waals surface area contributed by atoms with Crippen molar-refractivity contribution < 1.29 is 13.9 Å². The van der Waals surface area contributed by atoms with E-state index < -0.39 is 0 Å². The second-order valence-electron chi connectivity index (χ2n) is 6.81. The SMILES string of the molecule is O=C(NCC(c1ccccc1Cl)N1CCOCC1)c1cc2cc(F)ccc2[nH]1. The van der Waals surface area contributed by atoms with Crippen LogP contribution in [0.25, 0.3) is 10.9 Å². The van der Waals surface area contributed by atoms with Crippen LogP contribution in [0.15, 0.2) is 48.5 Å². The molecule has 2 N–H and O–H groups in total. The summed E-state index contributed by atoms with van der Waals surface area (Å²) >= 11 is 6.43. The molecule has 2 aromatic carbocycles. The van der Waals surface area contributed by atoms with Gasteiger partial charge < -0.3 is 15.0 Å². The van der Waals surface area contributed by atoms with Crippen molar-refractivity contribution in [2.45, 2.75) is 6.04 Å². The van der Waals surface area contributed by atoms with E-state index in [0.717, 1.165) is 24.2 Å². The molecule has 146 valence electrons. The summed E-state index contributed by atoms with van der Waals surface area (Å²) in [7, 11) is 0. The number of halogens is 2. The molecule has 7 heteroatoms. The second kappa shape index (κ2) is 8.31. The minimum atomic E-state index is -0.329. The summed E-state index contributed by atoms with van der Waals surface area (Å²) < 4.78 is 18.8. The van der Waals surface area contributed by atoms with Gasteiger partial charge in [-0.2, -0.15) is 0 Å². The minimum Gasteiger partial charge on any atom is -0.379 e. The first kappa shape index (κ1) is 18.9. The van der Waals surface area contributed by atoms with Crippen molar-refractivity contribution in [3.63, 3.8) is 0 Å². The maximum atomic E-state index is 13.4. The number of ether oxygens (including phenoxy) is 1. The number of rotatable bonds is 5. The number of amides is 1. The number of carbonyl (C=O) groups is 1. The fraction of sp³-hybridized carbons (Fsp3) is 0.286.